The van der Waals surface area contributed by atoms with Gasteiger partial charge < -0.3 is 29.6 Å². The second-order valence-corrected chi connectivity index (χ2v) is 8.59. The van der Waals surface area contributed by atoms with E-state index in [1.807, 2.05) is 19.0 Å². The fraction of sp³-hybridized carbons (Fsp3) is 0.320. The number of likely N-dealkylation sites (N-methyl/N-ethyl adjacent to an activating group) is 1. The van der Waals surface area contributed by atoms with E-state index < -0.39 is 22.9 Å². The predicted octanol–water partition coefficient (Wildman–Crippen LogP) is 1.27. The van der Waals surface area contributed by atoms with E-state index in [4.69, 9.17) is 15.2 Å². The Labute approximate surface area is 197 Å². The molecule has 1 unspecified atom stereocenters. The Balaban J connectivity index is 2.14. The standard InChI is InChI=1S/C25H28N4O5/c1-6-11-29-17-10-8-7-9-16(17)25(24(29)32)19-18(34-21(26)20(25)23(31)33-5)14-15(2)28(22(19)30)13-12-27(3)4/h6-10,14H,1,11-13,26H2,2-5H3. The van der Waals surface area contributed by atoms with Crippen molar-refractivity contribution >= 4 is 17.6 Å². The Morgan fingerprint density at radius 3 is 2.65 bits per heavy atom. The van der Waals surface area contributed by atoms with Gasteiger partial charge in [-0.15, -0.1) is 6.58 Å². The van der Waals surface area contributed by atoms with Gasteiger partial charge in [0.25, 0.3) is 5.56 Å². The number of aryl methyl sites for hydroxylation is 1. The monoisotopic (exact) mass is 464 g/mol. The van der Waals surface area contributed by atoms with Crippen molar-refractivity contribution in [2.45, 2.75) is 18.9 Å². The number of pyridine rings is 1. The first kappa shape index (κ1) is 23.3. The smallest absolute Gasteiger partial charge is 0.340 e. The van der Waals surface area contributed by atoms with Crippen molar-refractivity contribution in [2.24, 2.45) is 5.73 Å². The van der Waals surface area contributed by atoms with Gasteiger partial charge in [0, 0.05) is 42.6 Å². The minimum Gasteiger partial charge on any atom is -0.465 e. The summed E-state index contributed by atoms with van der Waals surface area (Å²) in [4.78, 5) is 44.9. The lowest BCUT2D eigenvalue weighted by Crippen LogP contribution is -2.52. The Bertz CT molecular complexity index is 1290. The second-order valence-electron chi connectivity index (χ2n) is 8.59. The van der Waals surface area contributed by atoms with E-state index in [-0.39, 0.29) is 29.3 Å². The van der Waals surface area contributed by atoms with Gasteiger partial charge in [0.1, 0.15) is 16.7 Å². The van der Waals surface area contributed by atoms with Crippen LogP contribution in [-0.2, 0) is 26.3 Å². The molecule has 0 aliphatic carbocycles. The molecule has 2 aliphatic rings. The summed E-state index contributed by atoms with van der Waals surface area (Å²) >= 11 is 0. The van der Waals surface area contributed by atoms with Gasteiger partial charge in [-0.2, -0.15) is 0 Å². The van der Waals surface area contributed by atoms with Crippen LogP contribution in [0.4, 0.5) is 5.69 Å². The van der Waals surface area contributed by atoms with E-state index in [0.29, 0.717) is 30.0 Å². The van der Waals surface area contributed by atoms with Gasteiger partial charge >= 0.3 is 5.97 Å². The molecule has 2 aliphatic heterocycles. The van der Waals surface area contributed by atoms with Gasteiger partial charge in [-0.1, -0.05) is 24.3 Å². The number of carbonyl (C=O) groups is 2. The molecule has 2 N–H and O–H groups in total. The fourth-order valence-corrected chi connectivity index (χ4v) is 4.83. The summed E-state index contributed by atoms with van der Waals surface area (Å²) in [6.07, 6.45) is 1.59. The number of aromatic nitrogens is 1. The van der Waals surface area contributed by atoms with Crippen molar-refractivity contribution in [3.63, 3.8) is 0 Å². The molecule has 0 saturated heterocycles. The first-order valence-corrected chi connectivity index (χ1v) is 10.9. The largest absolute Gasteiger partial charge is 0.465 e. The lowest BCUT2D eigenvalue weighted by Gasteiger charge is -2.36. The molecule has 1 aromatic heterocycles. The summed E-state index contributed by atoms with van der Waals surface area (Å²) in [5.41, 5.74) is 5.55. The van der Waals surface area contributed by atoms with E-state index in [0.717, 1.165) is 0 Å². The molecule has 3 heterocycles. The summed E-state index contributed by atoms with van der Waals surface area (Å²) in [5.74, 6) is -1.45. The van der Waals surface area contributed by atoms with Gasteiger partial charge in [0.05, 0.1) is 12.7 Å². The van der Waals surface area contributed by atoms with Gasteiger partial charge in [-0.05, 0) is 27.1 Å². The zero-order valence-corrected chi connectivity index (χ0v) is 19.8. The summed E-state index contributed by atoms with van der Waals surface area (Å²) in [6, 6.07) is 8.72. The van der Waals surface area contributed by atoms with Crippen LogP contribution in [0, 0.1) is 6.92 Å². The number of hydrogen-bond acceptors (Lipinski definition) is 7. The molecule has 0 fully saturated rings. The molecule has 0 radical (unpaired) electrons. The van der Waals surface area contributed by atoms with Crippen LogP contribution in [0.1, 0.15) is 16.8 Å². The quantitative estimate of drug-likeness (QED) is 0.507. The van der Waals surface area contributed by atoms with Crippen LogP contribution in [0.5, 0.6) is 5.75 Å². The number of methoxy groups -OCH3 is 1. The van der Waals surface area contributed by atoms with Gasteiger partial charge in [0.15, 0.2) is 0 Å². The highest BCUT2D eigenvalue weighted by Gasteiger charge is 2.62. The zero-order valence-electron chi connectivity index (χ0n) is 19.8. The lowest BCUT2D eigenvalue weighted by atomic mass is 9.68. The number of nitrogens with zero attached hydrogens (tertiary/aromatic N) is 3. The van der Waals surface area contributed by atoms with Crippen molar-refractivity contribution in [1.82, 2.24) is 9.47 Å². The van der Waals surface area contributed by atoms with Crippen molar-refractivity contribution in [3.8, 4) is 5.75 Å². The molecule has 0 bridgehead atoms. The average Bonchev–Trinajstić information content (AvgIpc) is 3.02. The number of carbonyl (C=O) groups excluding carboxylic acids is 2. The Kier molecular flexibility index (Phi) is 5.82. The van der Waals surface area contributed by atoms with Gasteiger partial charge in [-0.3, -0.25) is 9.59 Å². The minimum absolute atomic E-state index is 0.0514. The summed E-state index contributed by atoms with van der Waals surface area (Å²) in [5, 5.41) is 0. The van der Waals surface area contributed by atoms with Crippen LogP contribution in [0.3, 0.4) is 0 Å². The molecule has 9 heteroatoms. The van der Waals surface area contributed by atoms with E-state index in [1.165, 1.54) is 12.0 Å². The second kappa shape index (κ2) is 8.49. The first-order valence-electron chi connectivity index (χ1n) is 10.9. The van der Waals surface area contributed by atoms with E-state index in [9.17, 15) is 14.4 Å². The zero-order chi connectivity index (χ0) is 24.8. The Hall–Kier alpha value is -3.85. The van der Waals surface area contributed by atoms with Crippen molar-refractivity contribution in [2.75, 3.05) is 39.2 Å². The molecule has 1 aromatic carbocycles. The predicted molar refractivity (Wildman–Crippen MR) is 128 cm³/mol. The number of esters is 1. The molecule has 1 amide bonds. The molecule has 1 atom stereocenters. The molecule has 9 nitrogen and oxygen atoms in total. The number of nitrogens with two attached hydrogens (primary N) is 1. The molecule has 2 aromatic rings. The maximum absolute atomic E-state index is 14.3. The Morgan fingerprint density at radius 2 is 2.00 bits per heavy atom. The third-order valence-electron chi connectivity index (χ3n) is 6.32. The number of rotatable bonds is 6. The highest BCUT2D eigenvalue weighted by molar-refractivity contribution is 6.18. The van der Waals surface area contributed by atoms with Crippen LogP contribution < -0.4 is 20.9 Å². The van der Waals surface area contributed by atoms with Crippen molar-refractivity contribution < 1.29 is 19.1 Å². The number of benzene rings is 1. The van der Waals surface area contributed by atoms with Crippen LogP contribution >= 0.6 is 0 Å². The molecule has 34 heavy (non-hydrogen) atoms. The van der Waals surface area contributed by atoms with E-state index >= 15 is 0 Å². The summed E-state index contributed by atoms with van der Waals surface area (Å²) in [6.45, 7) is 6.72. The third kappa shape index (κ3) is 3.15. The number of hydrogen-bond donors (Lipinski definition) is 1. The maximum atomic E-state index is 14.3. The number of fused-ring (bicyclic) bond motifs is 4. The first-order chi connectivity index (χ1) is 16.2. The maximum Gasteiger partial charge on any atom is 0.340 e. The summed E-state index contributed by atoms with van der Waals surface area (Å²) < 4.78 is 12.4. The lowest BCUT2D eigenvalue weighted by molar-refractivity contribution is -0.138. The molecule has 4 rings (SSSR count). The molecular formula is C25H28N4O5. The van der Waals surface area contributed by atoms with Crippen LogP contribution in [0.15, 0.2) is 59.2 Å². The molecular weight excluding hydrogens is 436 g/mol. The highest BCUT2D eigenvalue weighted by Crippen LogP contribution is 2.54. The minimum atomic E-state index is -1.81. The van der Waals surface area contributed by atoms with Crippen molar-refractivity contribution in [3.05, 3.63) is 81.6 Å². The molecule has 1 spiro atoms. The number of anilines is 1. The van der Waals surface area contributed by atoms with Crippen LogP contribution in [-0.4, -0.2) is 55.6 Å². The topological polar surface area (TPSA) is 107 Å². The fourth-order valence-electron chi connectivity index (χ4n) is 4.83. The molecule has 0 saturated carbocycles. The Morgan fingerprint density at radius 1 is 1.29 bits per heavy atom. The van der Waals surface area contributed by atoms with Gasteiger partial charge in [0.2, 0.25) is 11.8 Å². The highest BCUT2D eigenvalue weighted by atomic mass is 16.5. The SMILES string of the molecule is C=CCN1C(=O)C2(C(C(=O)OC)=C(N)Oc3cc(C)n(CCN(C)C)c(=O)c32)c2ccccc21. The molecule has 178 valence electrons. The summed E-state index contributed by atoms with van der Waals surface area (Å²) in [7, 11) is 5.02. The number of para-hydroxylation sites is 1. The number of amides is 1. The third-order valence-corrected chi connectivity index (χ3v) is 6.32. The van der Waals surface area contributed by atoms with Crippen LogP contribution in [0.2, 0.25) is 0 Å². The van der Waals surface area contributed by atoms with Crippen LogP contribution in [0.25, 0.3) is 0 Å². The van der Waals surface area contributed by atoms with Gasteiger partial charge in [-0.25, -0.2) is 4.79 Å². The average molecular weight is 465 g/mol. The number of ether oxygens (including phenoxy) is 2. The van der Waals surface area contributed by atoms with E-state index in [2.05, 4.69) is 6.58 Å². The normalized spacial score (nSPS) is 18.7. The van der Waals surface area contributed by atoms with E-state index in [1.54, 1.807) is 47.9 Å². The van der Waals surface area contributed by atoms with Crippen molar-refractivity contribution in [1.29, 1.82) is 0 Å².